The molecule has 0 aliphatic heterocycles. The number of carbonyl (C=O) groups is 1. The van der Waals surface area contributed by atoms with E-state index < -0.39 is 11.7 Å². The maximum Gasteiger partial charge on any atom is 0.412 e. The molecule has 9 heteroatoms. The van der Waals surface area contributed by atoms with Crippen LogP contribution in [-0.4, -0.2) is 32.4 Å². The third-order valence-electron chi connectivity index (χ3n) is 3.56. The first kappa shape index (κ1) is 20.7. The molecule has 1 amide bonds. The van der Waals surface area contributed by atoms with Crippen molar-refractivity contribution in [3.63, 3.8) is 0 Å². The summed E-state index contributed by atoms with van der Waals surface area (Å²) >= 11 is 1.57. The standard InChI is InChI=1S/C20H22N4O4S/c1-5-29-15-10-12(6-7-13(15)23-19(26)28-20(2,3)4)27-14-8-9-21-18-17(14)22-11-16(25)24-18/h6-11H,5H2,1-4H3,(H,23,26)(H,21,24,25). The average molecular weight is 414 g/mol. The minimum Gasteiger partial charge on any atom is -0.455 e. The van der Waals surface area contributed by atoms with Crippen molar-refractivity contribution in [3.05, 3.63) is 47.0 Å². The van der Waals surface area contributed by atoms with Gasteiger partial charge in [-0.25, -0.2) is 14.8 Å². The number of benzene rings is 1. The van der Waals surface area contributed by atoms with Gasteiger partial charge in [-0.15, -0.1) is 11.8 Å². The number of aromatic nitrogens is 3. The predicted molar refractivity (Wildman–Crippen MR) is 113 cm³/mol. The number of hydrogen-bond donors (Lipinski definition) is 2. The van der Waals surface area contributed by atoms with Gasteiger partial charge in [0.2, 0.25) is 0 Å². The summed E-state index contributed by atoms with van der Waals surface area (Å²) in [5.74, 6) is 1.84. The lowest BCUT2D eigenvalue weighted by atomic mass is 10.2. The van der Waals surface area contributed by atoms with Crippen LogP contribution in [0.5, 0.6) is 11.5 Å². The SMILES string of the molecule is CCSc1cc(Oc2ccnc3[nH]c(=O)cnc23)ccc1NC(=O)OC(C)(C)C. The number of amides is 1. The Morgan fingerprint density at radius 1 is 1.24 bits per heavy atom. The van der Waals surface area contributed by atoms with Gasteiger partial charge in [-0.3, -0.25) is 10.1 Å². The molecule has 0 saturated carbocycles. The van der Waals surface area contributed by atoms with E-state index in [2.05, 4.69) is 20.3 Å². The van der Waals surface area contributed by atoms with Gasteiger partial charge < -0.3 is 14.5 Å². The zero-order valence-corrected chi connectivity index (χ0v) is 17.4. The van der Waals surface area contributed by atoms with Gasteiger partial charge in [0.1, 0.15) is 16.9 Å². The zero-order valence-electron chi connectivity index (χ0n) is 16.6. The van der Waals surface area contributed by atoms with E-state index in [0.29, 0.717) is 28.4 Å². The fraction of sp³-hybridized carbons (Fsp3) is 0.300. The molecule has 29 heavy (non-hydrogen) atoms. The molecule has 0 spiro atoms. The summed E-state index contributed by atoms with van der Waals surface area (Å²) in [5.41, 5.74) is 0.526. The average Bonchev–Trinajstić information content (AvgIpc) is 2.62. The first-order valence-electron chi connectivity index (χ1n) is 9.04. The Kier molecular flexibility index (Phi) is 6.07. The Labute approximate surface area is 172 Å². The molecular formula is C20H22N4O4S. The predicted octanol–water partition coefficient (Wildman–Crippen LogP) is 4.57. The molecule has 3 aromatic rings. The molecule has 0 unspecified atom stereocenters. The van der Waals surface area contributed by atoms with Crippen LogP contribution in [0, 0.1) is 0 Å². The first-order chi connectivity index (χ1) is 13.7. The van der Waals surface area contributed by atoms with Crippen LogP contribution in [0.15, 0.2) is 46.3 Å². The van der Waals surface area contributed by atoms with Crippen LogP contribution in [0.1, 0.15) is 27.7 Å². The maximum absolute atomic E-state index is 12.1. The fourth-order valence-electron chi connectivity index (χ4n) is 2.49. The number of anilines is 1. The van der Waals surface area contributed by atoms with Gasteiger partial charge in [0, 0.05) is 17.2 Å². The third-order valence-corrected chi connectivity index (χ3v) is 4.49. The highest BCUT2D eigenvalue weighted by Crippen LogP contribution is 2.34. The van der Waals surface area contributed by atoms with Crippen LogP contribution in [0.25, 0.3) is 11.2 Å². The highest BCUT2D eigenvalue weighted by Gasteiger charge is 2.18. The van der Waals surface area contributed by atoms with Gasteiger partial charge in [0.25, 0.3) is 5.56 Å². The first-order valence-corrected chi connectivity index (χ1v) is 10.0. The Balaban J connectivity index is 1.87. The number of thioether (sulfide) groups is 1. The molecule has 2 heterocycles. The topological polar surface area (TPSA) is 106 Å². The number of carbonyl (C=O) groups excluding carboxylic acids is 1. The van der Waals surface area contributed by atoms with E-state index in [-0.39, 0.29) is 5.56 Å². The number of ether oxygens (including phenoxy) is 2. The van der Waals surface area contributed by atoms with Gasteiger partial charge in [0.15, 0.2) is 11.4 Å². The molecule has 0 aliphatic rings. The molecule has 0 saturated heterocycles. The number of pyridine rings is 1. The summed E-state index contributed by atoms with van der Waals surface area (Å²) < 4.78 is 11.3. The number of nitrogens with zero attached hydrogens (tertiary/aromatic N) is 2. The van der Waals surface area contributed by atoms with Gasteiger partial charge in [0.05, 0.1) is 11.9 Å². The lowest BCUT2D eigenvalue weighted by Gasteiger charge is -2.20. The van der Waals surface area contributed by atoms with Crippen LogP contribution >= 0.6 is 11.8 Å². The molecule has 0 aliphatic carbocycles. The molecule has 1 aromatic carbocycles. The second kappa shape index (κ2) is 8.52. The highest BCUT2D eigenvalue weighted by atomic mass is 32.2. The second-order valence-electron chi connectivity index (χ2n) is 7.07. The third kappa shape index (κ3) is 5.47. The van der Waals surface area contributed by atoms with Crippen LogP contribution in [0.2, 0.25) is 0 Å². The van der Waals surface area contributed by atoms with Crippen molar-refractivity contribution in [1.29, 1.82) is 0 Å². The van der Waals surface area contributed by atoms with Crippen molar-refractivity contribution in [2.75, 3.05) is 11.1 Å². The minimum absolute atomic E-state index is 0.332. The van der Waals surface area contributed by atoms with Crippen molar-refractivity contribution in [2.45, 2.75) is 38.2 Å². The lowest BCUT2D eigenvalue weighted by Crippen LogP contribution is -2.27. The van der Waals surface area contributed by atoms with E-state index in [1.54, 1.807) is 30.0 Å². The quantitative estimate of drug-likeness (QED) is 0.589. The molecule has 0 fully saturated rings. The summed E-state index contributed by atoms with van der Waals surface area (Å²) in [6.45, 7) is 7.45. The van der Waals surface area contributed by atoms with Crippen LogP contribution in [0.4, 0.5) is 10.5 Å². The smallest absolute Gasteiger partial charge is 0.412 e. The summed E-state index contributed by atoms with van der Waals surface area (Å²) in [5, 5.41) is 2.78. The molecule has 0 atom stereocenters. The molecule has 2 N–H and O–H groups in total. The Morgan fingerprint density at radius 2 is 2.03 bits per heavy atom. The number of H-pyrrole nitrogens is 1. The van der Waals surface area contributed by atoms with Gasteiger partial charge in [-0.1, -0.05) is 6.92 Å². The summed E-state index contributed by atoms with van der Waals surface area (Å²) in [7, 11) is 0. The monoisotopic (exact) mass is 414 g/mol. The van der Waals surface area contributed by atoms with E-state index in [1.807, 2.05) is 33.8 Å². The van der Waals surface area contributed by atoms with Crippen molar-refractivity contribution in [1.82, 2.24) is 15.0 Å². The van der Waals surface area contributed by atoms with E-state index in [4.69, 9.17) is 9.47 Å². The van der Waals surface area contributed by atoms with E-state index >= 15 is 0 Å². The van der Waals surface area contributed by atoms with Crippen LogP contribution in [-0.2, 0) is 4.74 Å². The zero-order chi connectivity index (χ0) is 21.0. The summed E-state index contributed by atoms with van der Waals surface area (Å²) in [6, 6.07) is 7.01. The molecular weight excluding hydrogens is 392 g/mol. The van der Waals surface area contributed by atoms with Crippen LogP contribution < -0.4 is 15.6 Å². The Hall–Kier alpha value is -3.07. The van der Waals surface area contributed by atoms with Gasteiger partial charge in [-0.2, -0.15) is 0 Å². The minimum atomic E-state index is -0.582. The molecule has 0 radical (unpaired) electrons. The number of aromatic amines is 1. The van der Waals surface area contributed by atoms with Crippen molar-refractivity contribution in [3.8, 4) is 11.5 Å². The number of rotatable bonds is 5. The molecule has 3 rings (SSSR count). The Bertz CT molecular complexity index is 1090. The lowest BCUT2D eigenvalue weighted by molar-refractivity contribution is 0.0635. The van der Waals surface area contributed by atoms with Crippen molar-refractivity contribution < 1.29 is 14.3 Å². The van der Waals surface area contributed by atoms with E-state index in [1.165, 1.54) is 12.4 Å². The largest absolute Gasteiger partial charge is 0.455 e. The number of nitrogens with one attached hydrogen (secondary N) is 2. The van der Waals surface area contributed by atoms with Crippen LogP contribution in [0.3, 0.4) is 0 Å². The normalized spacial score (nSPS) is 11.3. The maximum atomic E-state index is 12.1. The second-order valence-corrected chi connectivity index (χ2v) is 8.38. The van der Waals surface area contributed by atoms with Gasteiger partial charge in [-0.05, 0) is 44.7 Å². The number of hydrogen-bond acceptors (Lipinski definition) is 7. The molecule has 2 aromatic heterocycles. The van der Waals surface area contributed by atoms with E-state index in [0.717, 1.165) is 10.6 Å². The highest BCUT2D eigenvalue weighted by molar-refractivity contribution is 7.99. The number of fused-ring (bicyclic) bond motifs is 1. The fourth-order valence-corrected chi connectivity index (χ4v) is 3.28. The van der Waals surface area contributed by atoms with Gasteiger partial charge >= 0.3 is 6.09 Å². The van der Waals surface area contributed by atoms with Crippen molar-refractivity contribution >= 4 is 34.7 Å². The summed E-state index contributed by atoms with van der Waals surface area (Å²) in [4.78, 5) is 35.2. The molecule has 0 bridgehead atoms. The summed E-state index contributed by atoms with van der Waals surface area (Å²) in [6.07, 6.45) is 2.20. The van der Waals surface area contributed by atoms with E-state index in [9.17, 15) is 9.59 Å². The molecule has 8 nitrogen and oxygen atoms in total. The van der Waals surface area contributed by atoms with Crippen molar-refractivity contribution in [2.24, 2.45) is 0 Å². The Morgan fingerprint density at radius 3 is 2.76 bits per heavy atom. The molecule has 152 valence electrons.